The molecule has 6 heteroatoms. The van der Waals surface area contributed by atoms with E-state index in [-0.39, 0.29) is 11.3 Å². The second-order valence-corrected chi connectivity index (χ2v) is 5.12. The molecule has 0 aromatic heterocycles. The molecule has 18 heavy (non-hydrogen) atoms. The van der Waals surface area contributed by atoms with E-state index in [0.29, 0.717) is 5.02 Å². The Kier molecular flexibility index (Phi) is 4.19. The van der Waals surface area contributed by atoms with Crippen LogP contribution in [0.2, 0.25) is 5.02 Å². The van der Waals surface area contributed by atoms with Crippen LogP contribution in [0.4, 0.5) is 10.5 Å². The second kappa shape index (κ2) is 5.27. The maximum absolute atomic E-state index is 11.6. The van der Waals surface area contributed by atoms with Gasteiger partial charge in [0, 0.05) is 5.02 Å². The lowest BCUT2D eigenvalue weighted by Gasteiger charge is -2.20. The summed E-state index contributed by atoms with van der Waals surface area (Å²) in [5.41, 5.74) is 4.96. The Hall–Kier alpha value is -1.75. The number of rotatable bonds is 2. The van der Waals surface area contributed by atoms with Crippen molar-refractivity contribution in [3.05, 3.63) is 28.8 Å². The Morgan fingerprint density at radius 3 is 2.44 bits per heavy atom. The normalized spacial score (nSPS) is 10.9. The van der Waals surface area contributed by atoms with Crippen molar-refractivity contribution in [3.63, 3.8) is 0 Å². The van der Waals surface area contributed by atoms with Gasteiger partial charge in [-0.25, -0.2) is 4.79 Å². The van der Waals surface area contributed by atoms with Crippen molar-refractivity contribution in [3.8, 4) is 0 Å². The number of amides is 2. The van der Waals surface area contributed by atoms with Crippen LogP contribution in [-0.2, 0) is 4.74 Å². The summed E-state index contributed by atoms with van der Waals surface area (Å²) in [7, 11) is 0. The fourth-order valence-corrected chi connectivity index (χ4v) is 1.42. The molecule has 0 aliphatic rings. The van der Waals surface area contributed by atoms with Crippen LogP contribution in [-0.4, -0.2) is 17.6 Å². The third-order valence-electron chi connectivity index (χ3n) is 1.88. The molecule has 98 valence electrons. The zero-order chi connectivity index (χ0) is 13.9. The van der Waals surface area contributed by atoms with E-state index in [0.717, 1.165) is 0 Å². The summed E-state index contributed by atoms with van der Waals surface area (Å²) in [4.78, 5) is 22.8. The zero-order valence-electron chi connectivity index (χ0n) is 10.4. The molecule has 2 amide bonds. The molecule has 3 N–H and O–H groups in total. The highest BCUT2D eigenvalue weighted by Crippen LogP contribution is 2.21. The maximum Gasteiger partial charge on any atom is 0.412 e. The number of hydrogen-bond acceptors (Lipinski definition) is 3. The maximum atomic E-state index is 11.6. The van der Waals surface area contributed by atoms with Gasteiger partial charge in [-0.3, -0.25) is 10.1 Å². The van der Waals surface area contributed by atoms with Gasteiger partial charge in [0.05, 0.1) is 11.3 Å². The first kappa shape index (κ1) is 14.3. The van der Waals surface area contributed by atoms with Gasteiger partial charge in [-0.15, -0.1) is 0 Å². The largest absolute Gasteiger partial charge is 0.444 e. The molecule has 0 bridgehead atoms. The van der Waals surface area contributed by atoms with Crippen molar-refractivity contribution in [2.75, 3.05) is 5.32 Å². The van der Waals surface area contributed by atoms with Gasteiger partial charge >= 0.3 is 6.09 Å². The van der Waals surface area contributed by atoms with E-state index in [2.05, 4.69) is 5.32 Å². The number of ether oxygens (including phenoxy) is 1. The quantitative estimate of drug-likeness (QED) is 0.867. The number of nitrogens with one attached hydrogen (secondary N) is 1. The molecule has 0 atom stereocenters. The lowest BCUT2D eigenvalue weighted by atomic mass is 10.1. The van der Waals surface area contributed by atoms with Gasteiger partial charge in [-0.05, 0) is 39.0 Å². The van der Waals surface area contributed by atoms with Crippen LogP contribution in [0.15, 0.2) is 18.2 Å². The first-order valence-corrected chi connectivity index (χ1v) is 5.66. The molecule has 0 spiro atoms. The molecule has 0 unspecified atom stereocenters. The fourth-order valence-electron chi connectivity index (χ4n) is 1.25. The minimum atomic E-state index is -0.674. The summed E-state index contributed by atoms with van der Waals surface area (Å²) >= 11 is 5.79. The lowest BCUT2D eigenvalue weighted by molar-refractivity contribution is 0.0636. The first-order chi connectivity index (χ1) is 8.19. The van der Waals surface area contributed by atoms with Crippen LogP contribution >= 0.6 is 11.6 Å². The standard InChI is InChI=1S/C12H15ClN2O3/c1-12(2,3)18-11(17)15-9-6-7(13)4-5-8(9)10(14)16/h4-6H,1-3H3,(H2,14,16)(H,15,17). The summed E-state index contributed by atoms with van der Waals surface area (Å²) in [6, 6.07) is 4.39. The Morgan fingerprint density at radius 1 is 1.33 bits per heavy atom. The predicted molar refractivity (Wildman–Crippen MR) is 69.8 cm³/mol. The van der Waals surface area contributed by atoms with Crippen LogP contribution in [0.1, 0.15) is 31.1 Å². The van der Waals surface area contributed by atoms with Crippen molar-refractivity contribution >= 4 is 29.3 Å². The molecule has 0 aliphatic carbocycles. The average molecular weight is 271 g/mol. The summed E-state index contributed by atoms with van der Waals surface area (Å²) < 4.78 is 5.07. The highest BCUT2D eigenvalue weighted by Gasteiger charge is 2.18. The van der Waals surface area contributed by atoms with Gasteiger partial charge in [0.2, 0.25) is 0 Å². The number of carbonyl (C=O) groups is 2. The number of halogens is 1. The first-order valence-electron chi connectivity index (χ1n) is 5.28. The summed E-state index contributed by atoms with van der Waals surface area (Å²) in [6.45, 7) is 5.21. The monoisotopic (exact) mass is 270 g/mol. The van der Waals surface area contributed by atoms with E-state index >= 15 is 0 Å². The number of benzene rings is 1. The summed E-state index contributed by atoms with van der Waals surface area (Å²) in [5.74, 6) is -0.655. The smallest absolute Gasteiger partial charge is 0.412 e. The lowest BCUT2D eigenvalue weighted by Crippen LogP contribution is -2.28. The Balaban J connectivity index is 2.93. The summed E-state index contributed by atoms with van der Waals surface area (Å²) in [5, 5.41) is 2.82. The predicted octanol–water partition coefficient (Wildman–Crippen LogP) is 2.79. The molecule has 1 rings (SSSR count). The van der Waals surface area contributed by atoms with Crippen molar-refractivity contribution < 1.29 is 14.3 Å². The molecular weight excluding hydrogens is 256 g/mol. The van der Waals surface area contributed by atoms with Crippen molar-refractivity contribution in [2.45, 2.75) is 26.4 Å². The van der Waals surface area contributed by atoms with Crippen LogP contribution in [0.3, 0.4) is 0 Å². The summed E-state index contributed by atoms with van der Waals surface area (Å²) in [6.07, 6.45) is -0.674. The van der Waals surface area contributed by atoms with E-state index in [1.165, 1.54) is 18.2 Å². The van der Waals surface area contributed by atoms with E-state index in [1.807, 2.05) is 0 Å². The Labute approximate surface area is 110 Å². The average Bonchev–Trinajstić information content (AvgIpc) is 2.13. The minimum Gasteiger partial charge on any atom is -0.444 e. The topological polar surface area (TPSA) is 81.4 Å². The van der Waals surface area contributed by atoms with Crippen LogP contribution in [0.5, 0.6) is 0 Å². The fraction of sp³-hybridized carbons (Fsp3) is 0.333. The van der Waals surface area contributed by atoms with Crippen LogP contribution < -0.4 is 11.1 Å². The van der Waals surface area contributed by atoms with Crippen molar-refractivity contribution in [2.24, 2.45) is 5.73 Å². The minimum absolute atomic E-state index is 0.172. The molecular formula is C12H15ClN2O3. The molecule has 0 radical (unpaired) electrons. The molecule has 5 nitrogen and oxygen atoms in total. The van der Waals surface area contributed by atoms with Gasteiger partial charge in [0.15, 0.2) is 0 Å². The number of carbonyl (C=O) groups excluding carboxylic acids is 2. The van der Waals surface area contributed by atoms with Gasteiger partial charge in [0.25, 0.3) is 5.91 Å². The van der Waals surface area contributed by atoms with Gasteiger partial charge in [0.1, 0.15) is 5.60 Å². The highest BCUT2D eigenvalue weighted by molar-refractivity contribution is 6.31. The molecule has 0 saturated carbocycles. The van der Waals surface area contributed by atoms with Crippen LogP contribution in [0, 0.1) is 0 Å². The Morgan fingerprint density at radius 2 is 1.94 bits per heavy atom. The molecule has 0 aliphatic heterocycles. The van der Waals surface area contributed by atoms with Crippen molar-refractivity contribution in [1.82, 2.24) is 0 Å². The molecule has 0 heterocycles. The Bertz CT molecular complexity index is 481. The molecule has 0 saturated heterocycles. The van der Waals surface area contributed by atoms with Crippen molar-refractivity contribution in [1.29, 1.82) is 0 Å². The third-order valence-corrected chi connectivity index (χ3v) is 2.12. The van der Waals surface area contributed by atoms with Gasteiger partial charge in [-0.1, -0.05) is 11.6 Å². The van der Waals surface area contributed by atoms with Crippen LogP contribution in [0.25, 0.3) is 0 Å². The van der Waals surface area contributed by atoms with Gasteiger partial charge < -0.3 is 10.5 Å². The SMILES string of the molecule is CC(C)(C)OC(=O)Nc1cc(Cl)ccc1C(N)=O. The number of anilines is 1. The van der Waals surface area contributed by atoms with E-state index in [1.54, 1.807) is 20.8 Å². The highest BCUT2D eigenvalue weighted by atomic mass is 35.5. The molecule has 1 aromatic rings. The van der Waals surface area contributed by atoms with E-state index in [4.69, 9.17) is 22.1 Å². The number of nitrogens with two attached hydrogens (primary N) is 1. The third kappa shape index (κ3) is 4.25. The second-order valence-electron chi connectivity index (χ2n) is 4.68. The zero-order valence-corrected chi connectivity index (χ0v) is 11.2. The van der Waals surface area contributed by atoms with E-state index in [9.17, 15) is 9.59 Å². The number of hydrogen-bond donors (Lipinski definition) is 2. The van der Waals surface area contributed by atoms with Gasteiger partial charge in [-0.2, -0.15) is 0 Å². The van der Waals surface area contributed by atoms with E-state index < -0.39 is 17.6 Å². The molecule has 0 fully saturated rings. The molecule has 1 aromatic carbocycles. The number of primary amides is 1.